The van der Waals surface area contributed by atoms with Crippen molar-refractivity contribution in [3.8, 4) is 0 Å². The molecular weight excluding hydrogens is 231 g/mol. The summed E-state index contributed by atoms with van der Waals surface area (Å²) in [4.78, 5) is 11.7. The smallest absolute Gasteiger partial charge is 0.166 e. The molecule has 16 heavy (non-hydrogen) atoms. The van der Waals surface area contributed by atoms with Crippen molar-refractivity contribution in [3.05, 3.63) is 34.6 Å². The Kier molecular flexibility index (Phi) is 4.90. The molecule has 2 nitrogen and oxygen atoms in total. The number of ketones is 1. The summed E-state index contributed by atoms with van der Waals surface area (Å²) >= 11 is 5.65. The summed E-state index contributed by atoms with van der Waals surface area (Å²) in [5.74, 6) is -0.518. The highest BCUT2D eigenvalue weighted by molar-refractivity contribution is 6.30. The quantitative estimate of drug-likeness (QED) is 0.792. The average Bonchev–Trinajstić information content (AvgIpc) is 2.25. The lowest BCUT2D eigenvalue weighted by Crippen LogP contribution is -2.14. The van der Waals surface area contributed by atoms with Crippen molar-refractivity contribution in [2.24, 2.45) is 0 Å². The molecule has 0 fully saturated rings. The summed E-state index contributed by atoms with van der Waals surface area (Å²) in [7, 11) is 1.45. The molecule has 1 aromatic carbocycles. The molecule has 1 atom stereocenters. The van der Waals surface area contributed by atoms with Crippen LogP contribution in [0.4, 0.5) is 4.39 Å². The predicted octanol–water partition coefficient (Wildman–Crippen LogP) is 3.54. The van der Waals surface area contributed by atoms with Crippen molar-refractivity contribution in [1.82, 2.24) is 0 Å². The molecule has 0 aliphatic carbocycles. The Bertz CT molecular complexity index is 379. The number of hydrogen-bond donors (Lipinski definition) is 0. The molecule has 0 amide bonds. The molecule has 1 aromatic rings. The van der Waals surface area contributed by atoms with Gasteiger partial charge in [0.2, 0.25) is 0 Å². The summed E-state index contributed by atoms with van der Waals surface area (Å²) in [6.45, 7) is 1.92. The van der Waals surface area contributed by atoms with Gasteiger partial charge in [0.25, 0.3) is 0 Å². The van der Waals surface area contributed by atoms with Crippen LogP contribution in [0.1, 0.15) is 31.4 Å². The van der Waals surface area contributed by atoms with Gasteiger partial charge in [0, 0.05) is 13.5 Å². The van der Waals surface area contributed by atoms with Crippen LogP contribution in [0.3, 0.4) is 0 Å². The second kappa shape index (κ2) is 5.97. The van der Waals surface area contributed by atoms with Gasteiger partial charge >= 0.3 is 0 Å². The first-order chi connectivity index (χ1) is 7.60. The first-order valence-electron chi connectivity index (χ1n) is 5.10. The van der Waals surface area contributed by atoms with Crippen molar-refractivity contribution in [2.45, 2.75) is 25.9 Å². The lowest BCUT2D eigenvalue weighted by atomic mass is 10.0. The largest absolute Gasteiger partial charge is 0.369 e. The van der Waals surface area contributed by atoms with Crippen LogP contribution in [0.25, 0.3) is 0 Å². The lowest BCUT2D eigenvalue weighted by molar-refractivity contribution is -0.129. The standard InChI is InChI=1S/C12H14ClFO2/c1-3-4-11(15)12(16-2)8-5-6-10(14)9(13)7-8/h5-7,12H,3-4H2,1-2H3. The SMILES string of the molecule is CCCC(=O)C(OC)c1ccc(F)c(Cl)c1. The first kappa shape index (κ1) is 13.1. The highest BCUT2D eigenvalue weighted by atomic mass is 35.5. The Morgan fingerprint density at radius 1 is 1.56 bits per heavy atom. The lowest BCUT2D eigenvalue weighted by Gasteiger charge is -2.14. The van der Waals surface area contributed by atoms with Crippen LogP contribution in [0, 0.1) is 5.82 Å². The van der Waals surface area contributed by atoms with Crippen molar-refractivity contribution in [1.29, 1.82) is 0 Å². The van der Waals surface area contributed by atoms with Crippen LogP contribution in [0.5, 0.6) is 0 Å². The second-order valence-electron chi connectivity index (χ2n) is 3.51. The first-order valence-corrected chi connectivity index (χ1v) is 5.48. The summed E-state index contributed by atoms with van der Waals surface area (Å²) in [6.07, 6.45) is 0.541. The number of benzene rings is 1. The Hall–Kier alpha value is -0.930. The zero-order valence-electron chi connectivity index (χ0n) is 9.30. The molecule has 0 aliphatic rings. The molecular formula is C12H14ClFO2. The summed E-state index contributed by atoms with van der Waals surface area (Å²) in [5, 5.41) is 0.00356. The number of carbonyl (C=O) groups is 1. The van der Waals surface area contributed by atoms with E-state index in [9.17, 15) is 9.18 Å². The van der Waals surface area contributed by atoms with Crippen LogP contribution in [-0.4, -0.2) is 12.9 Å². The number of carbonyl (C=O) groups excluding carboxylic acids is 1. The van der Waals surface area contributed by atoms with Crippen molar-refractivity contribution in [2.75, 3.05) is 7.11 Å². The maximum Gasteiger partial charge on any atom is 0.166 e. The van der Waals surface area contributed by atoms with Gasteiger partial charge in [0.1, 0.15) is 11.9 Å². The van der Waals surface area contributed by atoms with Gasteiger partial charge in [-0.3, -0.25) is 4.79 Å². The van der Waals surface area contributed by atoms with Gasteiger partial charge in [0.15, 0.2) is 5.78 Å². The molecule has 4 heteroatoms. The molecule has 0 saturated heterocycles. The molecule has 1 unspecified atom stereocenters. The van der Waals surface area contributed by atoms with E-state index in [4.69, 9.17) is 16.3 Å². The minimum atomic E-state index is -0.655. The Labute approximate surface area is 99.4 Å². The zero-order valence-corrected chi connectivity index (χ0v) is 10.1. The van der Waals surface area contributed by atoms with Crippen LogP contribution in [0.15, 0.2) is 18.2 Å². The normalized spacial score (nSPS) is 12.5. The van der Waals surface area contributed by atoms with Gasteiger partial charge in [0.05, 0.1) is 5.02 Å². The van der Waals surface area contributed by atoms with Crippen LogP contribution in [0.2, 0.25) is 5.02 Å². The maximum atomic E-state index is 13.0. The van der Waals surface area contributed by atoms with E-state index in [-0.39, 0.29) is 10.8 Å². The van der Waals surface area contributed by atoms with Gasteiger partial charge < -0.3 is 4.74 Å². The van der Waals surface area contributed by atoms with E-state index in [1.54, 1.807) is 0 Å². The number of rotatable bonds is 5. The van der Waals surface area contributed by atoms with Gasteiger partial charge in [-0.15, -0.1) is 0 Å². The van der Waals surface area contributed by atoms with Gasteiger partial charge in [-0.05, 0) is 24.1 Å². The fraction of sp³-hybridized carbons (Fsp3) is 0.417. The monoisotopic (exact) mass is 244 g/mol. The van der Waals surface area contributed by atoms with Crippen molar-refractivity contribution < 1.29 is 13.9 Å². The Balaban J connectivity index is 2.95. The van der Waals surface area contributed by atoms with E-state index in [2.05, 4.69) is 0 Å². The molecule has 0 radical (unpaired) electrons. The minimum Gasteiger partial charge on any atom is -0.369 e. The molecule has 0 bridgehead atoms. The van der Waals surface area contributed by atoms with E-state index < -0.39 is 11.9 Å². The summed E-state index contributed by atoms with van der Waals surface area (Å²) in [6, 6.07) is 4.18. The number of hydrogen-bond acceptors (Lipinski definition) is 2. The molecule has 0 aliphatic heterocycles. The number of ether oxygens (including phenoxy) is 1. The van der Waals surface area contributed by atoms with Crippen LogP contribution < -0.4 is 0 Å². The molecule has 0 saturated carbocycles. The van der Waals surface area contributed by atoms with E-state index >= 15 is 0 Å². The Morgan fingerprint density at radius 2 is 2.25 bits per heavy atom. The van der Waals surface area contributed by atoms with E-state index in [1.807, 2.05) is 6.92 Å². The highest BCUT2D eigenvalue weighted by Crippen LogP contribution is 2.24. The number of Topliss-reactive ketones (excluding diaryl/α,β-unsaturated/α-hetero) is 1. The van der Waals surface area contributed by atoms with Gasteiger partial charge in [-0.2, -0.15) is 0 Å². The van der Waals surface area contributed by atoms with E-state index in [0.717, 1.165) is 6.42 Å². The zero-order chi connectivity index (χ0) is 12.1. The van der Waals surface area contributed by atoms with E-state index in [1.165, 1.54) is 25.3 Å². The van der Waals surface area contributed by atoms with Crippen LogP contribution in [-0.2, 0) is 9.53 Å². The Morgan fingerprint density at radius 3 is 2.75 bits per heavy atom. The molecule has 0 spiro atoms. The van der Waals surface area contributed by atoms with Gasteiger partial charge in [-0.1, -0.05) is 24.6 Å². The summed E-state index contributed by atoms with van der Waals surface area (Å²) in [5.41, 5.74) is 0.590. The minimum absolute atomic E-state index is 0.00356. The second-order valence-corrected chi connectivity index (χ2v) is 3.91. The third-order valence-corrected chi connectivity index (χ3v) is 2.56. The average molecular weight is 245 g/mol. The van der Waals surface area contributed by atoms with Crippen molar-refractivity contribution >= 4 is 17.4 Å². The molecule has 0 aromatic heterocycles. The highest BCUT2D eigenvalue weighted by Gasteiger charge is 2.19. The number of methoxy groups -OCH3 is 1. The molecule has 1 rings (SSSR count). The predicted molar refractivity (Wildman–Crippen MR) is 61.1 cm³/mol. The molecule has 88 valence electrons. The third-order valence-electron chi connectivity index (χ3n) is 2.27. The van der Waals surface area contributed by atoms with Gasteiger partial charge in [-0.25, -0.2) is 4.39 Å². The summed E-state index contributed by atoms with van der Waals surface area (Å²) < 4.78 is 18.1. The molecule has 0 N–H and O–H groups in total. The maximum absolute atomic E-state index is 13.0. The number of halogens is 2. The molecule has 0 heterocycles. The van der Waals surface area contributed by atoms with E-state index in [0.29, 0.717) is 12.0 Å². The van der Waals surface area contributed by atoms with Crippen molar-refractivity contribution in [3.63, 3.8) is 0 Å². The van der Waals surface area contributed by atoms with Crippen LogP contribution >= 0.6 is 11.6 Å². The fourth-order valence-electron chi connectivity index (χ4n) is 1.51. The topological polar surface area (TPSA) is 26.3 Å². The fourth-order valence-corrected chi connectivity index (χ4v) is 1.70. The third kappa shape index (κ3) is 3.03.